The van der Waals surface area contributed by atoms with Crippen LogP contribution in [0.5, 0.6) is 5.75 Å². The van der Waals surface area contributed by atoms with Gasteiger partial charge in [0, 0.05) is 0 Å². The number of hydrogen-bond donors (Lipinski definition) is 1. The molecule has 1 aromatic heterocycles. The Labute approximate surface area is 77.2 Å². The summed E-state index contributed by atoms with van der Waals surface area (Å²) in [5.41, 5.74) is -0.931. The number of pyridine rings is 1. The monoisotopic (exact) mass is 204 g/mol. The maximum absolute atomic E-state index is 12.2. The molecule has 0 atom stereocenters. The van der Waals surface area contributed by atoms with Crippen LogP contribution >= 0.6 is 0 Å². The van der Waals surface area contributed by atoms with Crippen molar-refractivity contribution in [3.63, 3.8) is 0 Å². The van der Waals surface area contributed by atoms with Crippen molar-refractivity contribution in [2.45, 2.75) is 13.3 Å². The second kappa shape index (κ2) is 3.52. The fourth-order valence-electron chi connectivity index (χ4n) is 0.949. The molecule has 14 heavy (non-hydrogen) atoms. The molecule has 0 saturated heterocycles. The molecular formula is C7H6F2N2O3. The molecule has 0 amide bonds. The molecule has 1 aromatic rings. The molecule has 1 heterocycles. The minimum absolute atomic E-state index is 0.0388. The molecule has 7 heteroatoms. The van der Waals surface area contributed by atoms with E-state index in [2.05, 4.69) is 4.98 Å². The van der Waals surface area contributed by atoms with E-state index in [4.69, 9.17) is 5.11 Å². The molecule has 1 rings (SSSR count). The highest BCUT2D eigenvalue weighted by Gasteiger charge is 2.25. The van der Waals surface area contributed by atoms with Crippen LogP contribution in [0.1, 0.15) is 17.7 Å². The minimum atomic E-state index is -3.03. The normalized spacial score (nSPS) is 10.6. The Morgan fingerprint density at radius 1 is 1.64 bits per heavy atom. The van der Waals surface area contributed by atoms with Gasteiger partial charge in [-0.2, -0.15) is 0 Å². The third kappa shape index (κ3) is 1.76. The van der Waals surface area contributed by atoms with E-state index in [1.54, 1.807) is 0 Å². The van der Waals surface area contributed by atoms with E-state index in [9.17, 15) is 18.9 Å². The lowest BCUT2D eigenvalue weighted by molar-refractivity contribution is -0.390. The van der Waals surface area contributed by atoms with Crippen LogP contribution in [0, 0.1) is 17.0 Å². The first-order chi connectivity index (χ1) is 6.43. The molecule has 0 fully saturated rings. The topological polar surface area (TPSA) is 76.3 Å². The lowest BCUT2D eigenvalue weighted by atomic mass is 10.2. The smallest absolute Gasteiger partial charge is 0.367 e. The van der Waals surface area contributed by atoms with Crippen LogP contribution in [0.3, 0.4) is 0 Å². The van der Waals surface area contributed by atoms with Gasteiger partial charge in [-0.1, -0.05) is 0 Å². The van der Waals surface area contributed by atoms with Gasteiger partial charge in [0.2, 0.25) is 0 Å². The molecule has 0 unspecified atom stereocenters. The fraction of sp³-hybridized carbons (Fsp3) is 0.286. The Kier molecular flexibility index (Phi) is 2.59. The summed E-state index contributed by atoms with van der Waals surface area (Å²) in [6, 6.07) is 0.895. The van der Waals surface area contributed by atoms with Gasteiger partial charge in [-0.15, -0.1) is 0 Å². The largest absolute Gasteiger partial charge is 0.504 e. The van der Waals surface area contributed by atoms with Crippen LogP contribution < -0.4 is 0 Å². The number of rotatable bonds is 2. The zero-order chi connectivity index (χ0) is 10.9. The molecule has 0 aliphatic carbocycles. The van der Waals surface area contributed by atoms with Crippen LogP contribution in [0.2, 0.25) is 0 Å². The van der Waals surface area contributed by atoms with Crippen molar-refractivity contribution in [3.8, 4) is 5.75 Å². The van der Waals surface area contributed by atoms with Crippen molar-refractivity contribution in [1.29, 1.82) is 0 Å². The summed E-state index contributed by atoms with van der Waals surface area (Å²) in [5, 5.41) is 19.3. The highest BCUT2D eigenvalue weighted by atomic mass is 19.3. The average molecular weight is 204 g/mol. The lowest BCUT2D eigenvalue weighted by Gasteiger charge is -2.01. The van der Waals surface area contributed by atoms with E-state index in [0.29, 0.717) is 0 Å². The summed E-state index contributed by atoms with van der Waals surface area (Å²) in [6.07, 6.45) is -3.03. The highest BCUT2D eigenvalue weighted by molar-refractivity contribution is 5.41. The second-order valence-corrected chi connectivity index (χ2v) is 2.59. The zero-order valence-corrected chi connectivity index (χ0v) is 7.07. The van der Waals surface area contributed by atoms with E-state index in [-0.39, 0.29) is 5.56 Å². The standard InChI is InChI=1S/C7H6F2N2O3/c1-3-2-4(12)5(6(8)9)10-7(3)11(13)14/h2,6,12H,1H3. The predicted octanol–water partition coefficient (Wildman–Crippen LogP) is 1.94. The molecule has 5 nitrogen and oxygen atoms in total. The van der Waals surface area contributed by atoms with Crippen molar-refractivity contribution in [3.05, 3.63) is 27.4 Å². The van der Waals surface area contributed by atoms with Gasteiger partial charge in [0.05, 0.1) is 5.56 Å². The molecule has 1 N–H and O–H groups in total. The van der Waals surface area contributed by atoms with Crippen LogP contribution in [0.25, 0.3) is 0 Å². The summed E-state index contributed by atoms with van der Waals surface area (Å²) in [5.74, 6) is -1.40. The summed E-state index contributed by atoms with van der Waals surface area (Å²) in [4.78, 5) is 12.5. The van der Waals surface area contributed by atoms with E-state index in [1.165, 1.54) is 6.92 Å². The molecule has 0 aromatic carbocycles. The summed E-state index contributed by atoms with van der Waals surface area (Å²) < 4.78 is 24.3. The van der Waals surface area contributed by atoms with E-state index in [1.807, 2.05) is 0 Å². The maximum atomic E-state index is 12.2. The molecule has 0 spiro atoms. The van der Waals surface area contributed by atoms with Gasteiger partial charge < -0.3 is 15.2 Å². The fourth-order valence-corrected chi connectivity index (χ4v) is 0.949. The Hall–Kier alpha value is -1.79. The Morgan fingerprint density at radius 2 is 2.21 bits per heavy atom. The van der Waals surface area contributed by atoms with Crippen molar-refractivity contribution in [2.75, 3.05) is 0 Å². The Bertz CT molecular complexity index is 381. The first kappa shape index (κ1) is 10.3. The van der Waals surface area contributed by atoms with Gasteiger partial charge in [-0.05, 0) is 22.9 Å². The summed E-state index contributed by atoms with van der Waals surface area (Å²) >= 11 is 0. The van der Waals surface area contributed by atoms with Crippen LogP contribution in [-0.2, 0) is 0 Å². The van der Waals surface area contributed by atoms with Crippen molar-refractivity contribution < 1.29 is 18.8 Å². The molecular weight excluding hydrogens is 198 g/mol. The maximum Gasteiger partial charge on any atom is 0.367 e. The zero-order valence-electron chi connectivity index (χ0n) is 7.07. The number of hydrogen-bond acceptors (Lipinski definition) is 4. The number of alkyl halides is 2. The van der Waals surface area contributed by atoms with Gasteiger partial charge in [0.15, 0.2) is 5.75 Å². The van der Waals surface area contributed by atoms with Crippen LogP contribution in [-0.4, -0.2) is 15.0 Å². The van der Waals surface area contributed by atoms with Gasteiger partial charge in [0.25, 0.3) is 5.69 Å². The van der Waals surface area contributed by atoms with Crippen LogP contribution in [0.15, 0.2) is 6.07 Å². The SMILES string of the molecule is Cc1cc(O)c(C(F)F)nc1[N+](=O)[O-]. The first-order valence-corrected chi connectivity index (χ1v) is 3.56. The van der Waals surface area contributed by atoms with Gasteiger partial charge in [-0.3, -0.25) is 0 Å². The third-order valence-corrected chi connectivity index (χ3v) is 1.57. The van der Waals surface area contributed by atoms with E-state index in [0.717, 1.165) is 6.07 Å². The van der Waals surface area contributed by atoms with Crippen LogP contribution in [0.4, 0.5) is 14.6 Å². The minimum Gasteiger partial charge on any atom is -0.504 e. The number of nitro groups is 1. The van der Waals surface area contributed by atoms with E-state index < -0.39 is 28.6 Å². The molecule has 0 radical (unpaired) electrons. The molecule has 0 aliphatic rings. The van der Waals surface area contributed by atoms with Gasteiger partial charge in [-0.25, -0.2) is 8.78 Å². The number of aryl methyl sites for hydroxylation is 1. The quantitative estimate of drug-likeness (QED) is 0.589. The summed E-state index contributed by atoms with van der Waals surface area (Å²) in [7, 11) is 0. The molecule has 76 valence electrons. The molecule has 0 bridgehead atoms. The molecule has 0 aliphatic heterocycles. The van der Waals surface area contributed by atoms with Gasteiger partial charge >= 0.3 is 12.2 Å². The van der Waals surface area contributed by atoms with Gasteiger partial charge in [0.1, 0.15) is 0 Å². The van der Waals surface area contributed by atoms with Crippen molar-refractivity contribution in [1.82, 2.24) is 4.98 Å². The third-order valence-electron chi connectivity index (χ3n) is 1.57. The Morgan fingerprint density at radius 3 is 2.64 bits per heavy atom. The number of aromatic hydroxyl groups is 1. The first-order valence-electron chi connectivity index (χ1n) is 3.56. The molecule has 0 saturated carbocycles. The summed E-state index contributed by atoms with van der Waals surface area (Å²) in [6.45, 7) is 1.31. The average Bonchev–Trinajstić information content (AvgIpc) is 2.02. The lowest BCUT2D eigenvalue weighted by Crippen LogP contribution is -2.00. The highest BCUT2D eigenvalue weighted by Crippen LogP contribution is 2.30. The van der Waals surface area contributed by atoms with Crippen molar-refractivity contribution in [2.24, 2.45) is 0 Å². The van der Waals surface area contributed by atoms with Crippen molar-refractivity contribution >= 4 is 5.82 Å². The number of aromatic nitrogens is 1. The second-order valence-electron chi connectivity index (χ2n) is 2.59. The van der Waals surface area contributed by atoms with E-state index >= 15 is 0 Å². The Balaban J connectivity index is 3.34. The number of nitrogens with zero attached hydrogens (tertiary/aromatic N) is 2. The number of halogens is 2. The predicted molar refractivity (Wildman–Crippen MR) is 42.3 cm³/mol.